The van der Waals surface area contributed by atoms with Gasteiger partial charge in [0.25, 0.3) is 0 Å². The standard InChI is InChI=1S/C14H16N6O2/c1-10-8-11(2)19(18-10)7-3-6-16-14-5-4-13(20(21)22)12(9-15)17-14/h4-5,8H,3,6-7H2,1-2H3,(H,16,17). The summed E-state index contributed by atoms with van der Waals surface area (Å²) >= 11 is 0. The summed E-state index contributed by atoms with van der Waals surface area (Å²) in [6.45, 7) is 5.36. The van der Waals surface area contributed by atoms with Crippen LogP contribution in [0.5, 0.6) is 0 Å². The molecule has 2 heterocycles. The van der Waals surface area contributed by atoms with Gasteiger partial charge in [0.15, 0.2) is 0 Å². The molecule has 1 N–H and O–H groups in total. The molecule has 0 aromatic carbocycles. The highest BCUT2D eigenvalue weighted by Crippen LogP contribution is 2.18. The smallest absolute Gasteiger partial charge is 0.305 e. The summed E-state index contributed by atoms with van der Waals surface area (Å²) in [6.07, 6.45) is 0.822. The SMILES string of the molecule is Cc1cc(C)n(CCCNc2ccc([N+](=O)[O-])c(C#N)n2)n1. The Kier molecular flexibility index (Phi) is 4.68. The maximum atomic E-state index is 10.7. The molecule has 0 amide bonds. The van der Waals surface area contributed by atoms with Crippen molar-refractivity contribution < 1.29 is 4.92 Å². The zero-order valence-electron chi connectivity index (χ0n) is 12.4. The molecule has 0 atom stereocenters. The fourth-order valence-corrected chi connectivity index (χ4v) is 2.13. The third-order valence-corrected chi connectivity index (χ3v) is 3.13. The summed E-state index contributed by atoms with van der Waals surface area (Å²) in [5.41, 5.74) is 1.63. The van der Waals surface area contributed by atoms with Crippen molar-refractivity contribution in [3.05, 3.63) is 45.4 Å². The van der Waals surface area contributed by atoms with Crippen LogP contribution in [0.3, 0.4) is 0 Å². The molecule has 0 unspecified atom stereocenters. The molecule has 0 radical (unpaired) electrons. The van der Waals surface area contributed by atoms with Crippen LogP contribution < -0.4 is 5.32 Å². The Morgan fingerprint density at radius 3 is 2.82 bits per heavy atom. The predicted octanol–water partition coefficient (Wildman–Crippen LogP) is 2.18. The maximum absolute atomic E-state index is 10.7. The molecule has 2 aromatic heterocycles. The summed E-state index contributed by atoms with van der Waals surface area (Å²) in [5.74, 6) is 0.454. The first kappa shape index (κ1) is 15.4. The fraction of sp³-hybridized carbons (Fsp3) is 0.357. The molecular formula is C14H16N6O2. The molecule has 2 rings (SSSR count). The lowest BCUT2D eigenvalue weighted by Crippen LogP contribution is -2.10. The summed E-state index contributed by atoms with van der Waals surface area (Å²) in [4.78, 5) is 14.1. The Bertz CT molecular complexity index is 731. The maximum Gasteiger partial charge on any atom is 0.305 e. The molecule has 8 heteroatoms. The molecule has 2 aromatic rings. The van der Waals surface area contributed by atoms with Crippen molar-refractivity contribution >= 4 is 11.5 Å². The van der Waals surface area contributed by atoms with Crippen molar-refractivity contribution in [1.29, 1.82) is 5.26 Å². The third kappa shape index (κ3) is 3.58. The summed E-state index contributed by atoms with van der Waals surface area (Å²) in [5, 5.41) is 27.0. The second-order valence-electron chi connectivity index (χ2n) is 4.86. The van der Waals surface area contributed by atoms with E-state index in [1.165, 1.54) is 12.1 Å². The normalized spacial score (nSPS) is 10.2. The van der Waals surface area contributed by atoms with E-state index in [2.05, 4.69) is 15.4 Å². The topological polar surface area (TPSA) is 110 Å². The molecule has 8 nitrogen and oxygen atoms in total. The van der Waals surface area contributed by atoms with Gasteiger partial charge in [-0.2, -0.15) is 10.4 Å². The third-order valence-electron chi connectivity index (χ3n) is 3.13. The Balaban J connectivity index is 1.91. The number of nitriles is 1. The summed E-state index contributed by atoms with van der Waals surface area (Å²) in [7, 11) is 0. The number of aromatic nitrogens is 3. The van der Waals surface area contributed by atoms with Gasteiger partial charge < -0.3 is 5.32 Å². The molecule has 0 saturated heterocycles. The van der Waals surface area contributed by atoms with Crippen molar-refractivity contribution in [2.45, 2.75) is 26.8 Å². The lowest BCUT2D eigenvalue weighted by molar-refractivity contribution is -0.385. The van der Waals surface area contributed by atoms with Crippen LogP contribution in [0.15, 0.2) is 18.2 Å². The first-order chi connectivity index (χ1) is 10.5. The highest BCUT2D eigenvalue weighted by atomic mass is 16.6. The number of aryl methyl sites for hydroxylation is 3. The molecule has 0 fully saturated rings. The van der Waals surface area contributed by atoms with Gasteiger partial charge in [-0.3, -0.25) is 14.8 Å². The van der Waals surface area contributed by atoms with E-state index in [1.807, 2.05) is 24.6 Å². The van der Waals surface area contributed by atoms with E-state index in [1.54, 1.807) is 6.07 Å². The number of nitrogens with zero attached hydrogens (tertiary/aromatic N) is 5. The predicted molar refractivity (Wildman–Crippen MR) is 80.4 cm³/mol. The van der Waals surface area contributed by atoms with E-state index < -0.39 is 4.92 Å². The Hall–Kier alpha value is -2.95. The number of rotatable bonds is 6. The Labute approximate surface area is 127 Å². The molecule has 0 aliphatic rings. The highest BCUT2D eigenvalue weighted by molar-refractivity contribution is 5.50. The van der Waals surface area contributed by atoms with Gasteiger partial charge in [-0.05, 0) is 32.4 Å². The van der Waals surface area contributed by atoms with Crippen LogP contribution in [0.2, 0.25) is 0 Å². The quantitative estimate of drug-likeness (QED) is 0.497. The van der Waals surface area contributed by atoms with Crippen molar-refractivity contribution in [2.24, 2.45) is 0 Å². The molecule has 114 valence electrons. The summed E-state index contributed by atoms with van der Waals surface area (Å²) in [6, 6.07) is 6.54. The van der Waals surface area contributed by atoms with E-state index >= 15 is 0 Å². The number of nitrogens with one attached hydrogen (secondary N) is 1. The molecule has 0 bridgehead atoms. The van der Waals surface area contributed by atoms with Gasteiger partial charge in [-0.15, -0.1) is 0 Å². The van der Waals surface area contributed by atoms with Crippen LogP contribution in [0.1, 0.15) is 23.5 Å². The summed E-state index contributed by atoms with van der Waals surface area (Å²) < 4.78 is 1.93. The average Bonchev–Trinajstić information content (AvgIpc) is 2.81. The van der Waals surface area contributed by atoms with Crippen LogP contribution in [-0.4, -0.2) is 26.2 Å². The Morgan fingerprint density at radius 2 is 2.23 bits per heavy atom. The van der Waals surface area contributed by atoms with Crippen LogP contribution in [0.4, 0.5) is 11.5 Å². The molecule has 0 saturated carbocycles. The molecule has 22 heavy (non-hydrogen) atoms. The monoisotopic (exact) mass is 300 g/mol. The van der Waals surface area contributed by atoms with Gasteiger partial charge in [0, 0.05) is 24.8 Å². The van der Waals surface area contributed by atoms with Crippen LogP contribution in [0.25, 0.3) is 0 Å². The second kappa shape index (κ2) is 6.67. The number of nitro groups is 1. The molecular weight excluding hydrogens is 284 g/mol. The average molecular weight is 300 g/mol. The number of anilines is 1. The molecule has 0 spiro atoms. The van der Waals surface area contributed by atoms with Gasteiger partial charge in [-0.25, -0.2) is 4.98 Å². The first-order valence-corrected chi connectivity index (χ1v) is 6.81. The van der Waals surface area contributed by atoms with Crippen molar-refractivity contribution in [3.63, 3.8) is 0 Å². The van der Waals surface area contributed by atoms with E-state index in [0.29, 0.717) is 12.4 Å². The van der Waals surface area contributed by atoms with Crippen LogP contribution >= 0.6 is 0 Å². The zero-order valence-corrected chi connectivity index (χ0v) is 12.4. The van der Waals surface area contributed by atoms with Gasteiger partial charge in [0.2, 0.25) is 5.69 Å². The largest absolute Gasteiger partial charge is 0.370 e. The first-order valence-electron chi connectivity index (χ1n) is 6.81. The minimum absolute atomic E-state index is 0.187. The van der Waals surface area contributed by atoms with Gasteiger partial charge in [0.05, 0.1) is 10.6 Å². The molecule has 0 aliphatic carbocycles. The van der Waals surface area contributed by atoms with Crippen LogP contribution in [0, 0.1) is 35.3 Å². The highest BCUT2D eigenvalue weighted by Gasteiger charge is 2.15. The number of pyridine rings is 1. The van der Waals surface area contributed by atoms with Crippen LogP contribution in [-0.2, 0) is 6.54 Å². The zero-order chi connectivity index (χ0) is 16.1. The van der Waals surface area contributed by atoms with Gasteiger partial charge in [0.1, 0.15) is 11.9 Å². The second-order valence-corrected chi connectivity index (χ2v) is 4.86. The molecule has 0 aliphatic heterocycles. The Morgan fingerprint density at radius 1 is 1.45 bits per heavy atom. The van der Waals surface area contributed by atoms with E-state index in [4.69, 9.17) is 5.26 Å². The lowest BCUT2D eigenvalue weighted by atomic mass is 10.3. The van der Waals surface area contributed by atoms with Crippen molar-refractivity contribution in [1.82, 2.24) is 14.8 Å². The van der Waals surface area contributed by atoms with E-state index in [-0.39, 0.29) is 11.4 Å². The van der Waals surface area contributed by atoms with Gasteiger partial charge >= 0.3 is 5.69 Å². The number of hydrogen-bond acceptors (Lipinski definition) is 6. The lowest BCUT2D eigenvalue weighted by Gasteiger charge is -2.07. The number of hydrogen-bond donors (Lipinski definition) is 1. The van der Waals surface area contributed by atoms with Crippen molar-refractivity contribution in [2.75, 3.05) is 11.9 Å². The minimum Gasteiger partial charge on any atom is -0.370 e. The van der Waals surface area contributed by atoms with E-state index in [9.17, 15) is 10.1 Å². The minimum atomic E-state index is -0.613. The van der Waals surface area contributed by atoms with Crippen molar-refractivity contribution in [3.8, 4) is 6.07 Å². The fourth-order valence-electron chi connectivity index (χ4n) is 2.13. The van der Waals surface area contributed by atoms with Gasteiger partial charge in [-0.1, -0.05) is 0 Å². The van der Waals surface area contributed by atoms with E-state index in [0.717, 1.165) is 24.4 Å².